The van der Waals surface area contributed by atoms with Crippen LogP contribution in [0.4, 0.5) is 0 Å². The van der Waals surface area contributed by atoms with Crippen LogP contribution in [0.2, 0.25) is 0 Å². The second-order valence-electron chi connectivity index (χ2n) is 15.0. The van der Waals surface area contributed by atoms with E-state index >= 15 is 0 Å². The highest BCUT2D eigenvalue weighted by Crippen LogP contribution is 2.09. The van der Waals surface area contributed by atoms with E-state index in [9.17, 15) is 15.0 Å². The van der Waals surface area contributed by atoms with Crippen LogP contribution in [0.5, 0.6) is 0 Å². The van der Waals surface area contributed by atoms with E-state index in [4.69, 9.17) is 0 Å². The number of nitrogens with one attached hydrogen (secondary N) is 1. The van der Waals surface area contributed by atoms with Gasteiger partial charge in [-0.05, 0) is 122 Å². The normalized spacial score (nSPS) is 14.5. The molecule has 3 N–H and O–H groups in total. The van der Waals surface area contributed by atoms with Crippen molar-refractivity contribution in [3.63, 3.8) is 0 Å². The molecule has 4 nitrogen and oxygen atoms in total. The first-order valence-electron chi connectivity index (χ1n) is 23.8. The molecule has 338 valence electrons. The van der Waals surface area contributed by atoms with Crippen molar-refractivity contribution in [3.05, 3.63) is 170 Å². The average Bonchev–Trinajstić information content (AvgIpc) is 3.26. The number of hydrogen-bond donors (Lipinski definition) is 3. The fourth-order valence-corrected chi connectivity index (χ4v) is 5.87. The molecule has 0 rings (SSSR count). The number of amides is 1. The van der Waals surface area contributed by atoms with Gasteiger partial charge in [-0.25, -0.2) is 0 Å². The van der Waals surface area contributed by atoms with Crippen LogP contribution in [0.3, 0.4) is 0 Å². The monoisotopic (exact) mass is 834 g/mol. The highest BCUT2D eigenvalue weighted by atomic mass is 16.3. The molecule has 0 aliphatic heterocycles. The molecule has 4 heteroatoms. The Morgan fingerprint density at radius 3 is 1.08 bits per heavy atom. The number of aliphatic hydroxyl groups is 2. The van der Waals surface area contributed by atoms with Gasteiger partial charge in [0.25, 0.3) is 0 Å². The number of aliphatic hydroxyl groups excluding tert-OH is 2. The predicted molar refractivity (Wildman–Crippen MR) is 271 cm³/mol. The first-order chi connectivity index (χ1) is 30.2. The summed E-state index contributed by atoms with van der Waals surface area (Å²) in [5.74, 6) is -0.109. The Labute approximate surface area is 375 Å². The molecule has 0 aromatic rings. The standard InChI is InChI=1S/C57H87NO3/c1-3-5-7-9-11-13-15-16-17-18-19-20-21-22-23-24-25-26-27-28-29-30-31-32-33-34-35-36-37-38-39-40-41-42-43-45-47-49-51-53-57(61)58-55(54-59)56(60)52-50-48-46-44-14-12-10-8-6-4-2/h5-8,11,13-14,16-17,19-20,22-23,25-26,28-29,31-32,34-35,37-38,40-41,44,50,52,55-56,59-60H,3-4,9-10,12,15,18,21,24,27,30,33,36,39,42-43,45-49,51,53-54H2,1-2H3,(H,58,61)/b7-5-,8-6+,13-11-,17-16-,20-19-,23-22-,26-25-,29-28-,32-31-,35-34-,38-37-,41-40-,44-14+,52-50+. The van der Waals surface area contributed by atoms with Gasteiger partial charge >= 0.3 is 0 Å². The molecule has 0 aliphatic carbocycles. The summed E-state index contributed by atoms with van der Waals surface area (Å²) in [6.45, 7) is 4.02. The van der Waals surface area contributed by atoms with Crippen molar-refractivity contribution in [2.75, 3.05) is 6.61 Å². The van der Waals surface area contributed by atoms with Gasteiger partial charge in [-0.1, -0.05) is 203 Å². The highest BCUT2D eigenvalue weighted by molar-refractivity contribution is 5.76. The first kappa shape index (κ1) is 56.8. The molecule has 2 atom stereocenters. The minimum atomic E-state index is -0.889. The smallest absolute Gasteiger partial charge is 0.220 e. The van der Waals surface area contributed by atoms with E-state index in [1.54, 1.807) is 6.08 Å². The van der Waals surface area contributed by atoms with Crippen molar-refractivity contribution in [3.8, 4) is 0 Å². The van der Waals surface area contributed by atoms with Gasteiger partial charge in [-0.15, -0.1) is 0 Å². The Hall–Kier alpha value is -4.25. The van der Waals surface area contributed by atoms with Gasteiger partial charge in [-0.3, -0.25) is 4.79 Å². The number of unbranched alkanes of at least 4 members (excludes halogenated alkanes) is 7. The van der Waals surface area contributed by atoms with Gasteiger partial charge in [0.05, 0.1) is 18.8 Å². The SMILES string of the molecule is CC/C=C\C/C=C\C/C=C\C/C=C\C/C=C\C/C=C\C/C=C\C/C=C\C/C=C\C/C=C\C/C=C\CCCCCCCC(=O)NC(CO)C(O)/C=C/CC/C=C/CC/C=C/CC. The molecule has 0 bridgehead atoms. The maximum Gasteiger partial charge on any atom is 0.220 e. The van der Waals surface area contributed by atoms with Gasteiger partial charge in [0.15, 0.2) is 0 Å². The Morgan fingerprint density at radius 2 is 0.689 bits per heavy atom. The zero-order chi connectivity index (χ0) is 44.2. The molecule has 0 aliphatic rings. The molecule has 0 aromatic heterocycles. The summed E-state index contributed by atoms with van der Waals surface area (Å²) in [4.78, 5) is 12.3. The van der Waals surface area contributed by atoms with E-state index in [1.165, 1.54) is 6.42 Å². The van der Waals surface area contributed by atoms with Crippen LogP contribution >= 0.6 is 0 Å². The molecule has 61 heavy (non-hydrogen) atoms. The molecule has 0 radical (unpaired) electrons. The largest absolute Gasteiger partial charge is 0.394 e. The van der Waals surface area contributed by atoms with E-state index in [1.807, 2.05) is 6.08 Å². The van der Waals surface area contributed by atoms with Crippen molar-refractivity contribution in [2.24, 2.45) is 0 Å². The number of rotatable bonds is 40. The first-order valence-corrected chi connectivity index (χ1v) is 23.8. The van der Waals surface area contributed by atoms with Crippen molar-refractivity contribution in [1.29, 1.82) is 0 Å². The van der Waals surface area contributed by atoms with Crippen LogP contribution in [0, 0.1) is 0 Å². The summed E-state index contributed by atoms with van der Waals surface area (Å²) in [6.07, 6.45) is 83.4. The van der Waals surface area contributed by atoms with Gasteiger partial charge in [0.1, 0.15) is 0 Å². The van der Waals surface area contributed by atoms with Gasteiger partial charge in [-0.2, -0.15) is 0 Å². The Kier molecular flexibility index (Phi) is 46.6. The van der Waals surface area contributed by atoms with Crippen LogP contribution in [0.15, 0.2) is 170 Å². The number of hydrogen-bond acceptors (Lipinski definition) is 3. The van der Waals surface area contributed by atoms with Gasteiger partial charge < -0.3 is 15.5 Å². The van der Waals surface area contributed by atoms with Gasteiger partial charge in [0.2, 0.25) is 5.91 Å². The zero-order valence-electron chi connectivity index (χ0n) is 38.6. The molecular formula is C57H87NO3. The van der Waals surface area contributed by atoms with Crippen LogP contribution < -0.4 is 5.32 Å². The van der Waals surface area contributed by atoms with E-state index in [0.29, 0.717) is 6.42 Å². The van der Waals surface area contributed by atoms with E-state index in [0.717, 1.165) is 135 Å². The predicted octanol–water partition coefficient (Wildman–Crippen LogP) is 15.6. The lowest BCUT2D eigenvalue weighted by molar-refractivity contribution is -0.123. The number of carbonyl (C=O) groups excluding carboxylic acids is 1. The maximum atomic E-state index is 12.3. The van der Waals surface area contributed by atoms with E-state index in [-0.39, 0.29) is 12.5 Å². The minimum Gasteiger partial charge on any atom is -0.394 e. The lowest BCUT2D eigenvalue weighted by Crippen LogP contribution is -2.45. The summed E-state index contributed by atoms with van der Waals surface area (Å²) in [5.41, 5.74) is 0. The van der Waals surface area contributed by atoms with Gasteiger partial charge in [0, 0.05) is 6.42 Å². The quantitative estimate of drug-likeness (QED) is 0.0425. The second kappa shape index (κ2) is 50.1. The third-order valence-electron chi connectivity index (χ3n) is 9.42. The van der Waals surface area contributed by atoms with Crippen molar-refractivity contribution < 1.29 is 15.0 Å². The van der Waals surface area contributed by atoms with Crippen molar-refractivity contribution in [1.82, 2.24) is 5.32 Å². The molecule has 2 unspecified atom stereocenters. The van der Waals surface area contributed by atoms with Crippen LogP contribution in [0.25, 0.3) is 0 Å². The fraction of sp³-hybridized carbons (Fsp3) is 0.491. The maximum absolute atomic E-state index is 12.3. The summed E-state index contributed by atoms with van der Waals surface area (Å²) in [5, 5.41) is 22.8. The molecule has 0 fully saturated rings. The Balaban J connectivity index is 3.73. The Bertz CT molecular complexity index is 1410. The van der Waals surface area contributed by atoms with E-state index in [2.05, 4.69) is 177 Å². The molecule has 0 saturated carbocycles. The molecule has 1 amide bonds. The third-order valence-corrected chi connectivity index (χ3v) is 9.42. The molecule has 0 aromatic carbocycles. The molecule has 0 heterocycles. The topological polar surface area (TPSA) is 69.6 Å². The summed E-state index contributed by atoms with van der Waals surface area (Å²) in [7, 11) is 0. The lowest BCUT2D eigenvalue weighted by Gasteiger charge is -2.19. The zero-order valence-corrected chi connectivity index (χ0v) is 38.6. The molecule has 0 saturated heterocycles. The highest BCUT2D eigenvalue weighted by Gasteiger charge is 2.17. The number of allylic oxidation sites excluding steroid dienone is 27. The Morgan fingerprint density at radius 1 is 0.393 bits per heavy atom. The molecular weight excluding hydrogens is 747 g/mol. The van der Waals surface area contributed by atoms with Crippen LogP contribution in [-0.2, 0) is 4.79 Å². The molecule has 0 spiro atoms. The van der Waals surface area contributed by atoms with Crippen molar-refractivity contribution >= 4 is 5.91 Å². The lowest BCUT2D eigenvalue weighted by atomic mass is 10.1. The summed E-state index contributed by atoms with van der Waals surface area (Å²) in [6, 6.07) is -0.667. The second-order valence-corrected chi connectivity index (χ2v) is 15.0. The van der Waals surface area contributed by atoms with Crippen LogP contribution in [0.1, 0.15) is 162 Å². The fourth-order valence-electron chi connectivity index (χ4n) is 5.87. The van der Waals surface area contributed by atoms with Crippen molar-refractivity contribution in [2.45, 2.75) is 174 Å². The number of carbonyl (C=O) groups is 1. The third kappa shape index (κ3) is 46.7. The summed E-state index contributed by atoms with van der Waals surface area (Å²) < 4.78 is 0. The summed E-state index contributed by atoms with van der Waals surface area (Å²) >= 11 is 0. The minimum absolute atomic E-state index is 0.109. The van der Waals surface area contributed by atoms with Crippen LogP contribution in [-0.4, -0.2) is 34.9 Å². The average molecular weight is 834 g/mol. The van der Waals surface area contributed by atoms with E-state index < -0.39 is 12.1 Å².